The molecule has 0 spiro atoms. The number of benzene rings is 1. The molecule has 0 saturated carbocycles. The van der Waals surface area contributed by atoms with Crippen LogP contribution in [0.25, 0.3) is 0 Å². The monoisotopic (exact) mass is 378 g/mol. The fraction of sp³-hybridized carbons (Fsp3) is 0.533. The number of piperazine rings is 1. The van der Waals surface area contributed by atoms with Crippen molar-refractivity contribution < 1.29 is 22.7 Å². The number of methoxy groups -OCH3 is 2. The number of halogens is 1. The molecular weight excluding hydrogens is 356 g/mol. The van der Waals surface area contributed by atoms with Gasteiger partial charge in [-0.15, -0.1) is 12.4 Å². The van der Waals surface area contributed by atoms with Gasteiger partial charge in [0.2, 0.25) is 10.0 Å². The first-order chi connectivity index (χ1) is 10.8. The molecule has 1 aromatic rings. The Hall–Kier alpha value is -1.35. The summed E-state index contributed by atoms with van der Waals surface area (Å²) in [5.74, 6) is -0.399. The zero-order valence-electron chi connectivity index (χ0n) is 14.1. The summed E-state index contributed by atoms with van der Waals surface area (Å²) in [4.78, 5) is 11.8. The largest absolute Gasteiger partial charge is 0.496 e. The van der Waals surface area contributed by atoms with Crippen LogP contribution >= 0.6 is 12.4 Å². The van der Waals surface area contributed by atoms with Gasteiger partial charge < -0.3 is 14.8 Å². The number of ether oxygens (including phenoxy) is 2. The molecule has 0 aromatic heterocycles. The lowest BCUT2D eigenvalue weighted by molar-refractivity contribution is 0.0597. The van der Waals surface area contributed by atoms with E-state index in [4.69, 9.17) is 4.74 Å². The smallest absolute Gasteiger partial charge is 0.341 e. The summed E-state index contributed by atoms with van der Waals surface area (Å²) in [7, 11) is -1.02. The van der Waals surface area contributed by atoms with Crippen molar-refractivity contribution in [2.75, 3.05) is 27.3 Å². The minimum Gasteiger partial charge on any atom is -0.496 e. The number of rotatable bonds is 4. The molecule has 1 aromatic carbocycles. The number of carbonyl (C=O) groups excluding carboxylic acids is 1. The van der Waals surface area contributed by atoms with Gasteiger partial charge in [0.15, 0.2) is 0 Å². The number of esters is 1. The van der Waals surface area contributed by atoms with Crippen LogP contribution in [0.3, 0.4) is 0 Å². The Labute approximate surface area is 148 Å². The summed E-state index contributed by atoms with van der Waals surface area (Å²) in [6, 6.07) is 4.08. The van der Waals surface area contributed by atoms with Gasteiger partial charge in [-0.2, -0.15) is 4.31 Å². The molecule has 0 amide bonds. The Morgan fingerprint density at radius 3 is 2.54 bits per heavy atom. The van der Waals surface area contributed by atoms with Crippen LogP contribution in [0.1, 0.15) is 24.2 Å². The normalized spacial score (nSPS) is 21.7. The highest BCUT2D eigenvalue weighted by Crippen LogP contribution is 2.27. The van der Waals surface area contributed by atoms with Crippen molar-refractivity contribution in [3.05, 3.63) is 23.8 Å². The SMILES string of the molecule is COC(=O)c1ccc(S(=O)(=O)N2CCNC(C)C2C)cc1OC.Cl. The van der Waals surface area contributed by atoms with E-state index < -0.39 is 16.0 Å². The van der Waals surface area contributed by atoms with E-state index in [1.165, 1.54) is 36.7 Å². The van der Waals surface area contributed by atoms with Gasteiger partial charge in [0.1, 0.15) is 11.3 Å². The van der Waals surface area contributed by atoms with Gasteiger partial charge in [0.05, 0.1) is 19.1 Å². The van der Waals surface area contributed by atoms with Crippen LogP contribution < -0.4 is 10.1 Å². The summed E-state index contributed by atoms with van der Waals surface area (Å²) >= 11 is 0. The van der Waals surface area contributed by atoms with Crippen molar-refractivity contribution in [1.29, 1.82) is 0 Å². The molecule has 1 heterocycles. The lowest BCUT2D eigenvalue weighted by Gasteiger charge is -2.37. The number of sulfonamides is 1. The van der Waals surface area contributed by atoms with E-state index in [-0.39, 0.29) is 40.7 Å². The van der Waals surface area contributed by atoms with Crippen LogP contribution in [0.4, 0.5) is 0 Å². The summed E-state index contributed by atoms with van der Waals surface area (Å²) in [6.07, 6.45) is 0. The number of hydrogen-bond acceptors (Lipinski definition) is 6. The van der Waals surface area contributed by atoms with E-state index in [0.29, 0.717) is 13.1 Å². The summed E-state index contributed by atoms with van der Waals surface area (Å²) in [5, 5.41) is 3.25. The van der Waals surface area contributed by atoms with E-state index >= 15 is 0 Å². The number of hydrogen-bond donors (Lipinski definition) is 1. The van der Waals surface area contributed by atoms with Gasteiger partial charge in [-0.3, -0.25) is 0 Å². The van der Waals surface area contributed by atoms with Crippen LogP contribution in [-0.4, -0.2) is 58.1 Å². The van der Waals surface area contributed by atoms with Crippen molar-refractivity contribution >= 4 is 28.4 Å². The molecule has 1 N–H and O–H groups in total. The standard InChI is InChI=1S/C15H22N2O5S.ClH/c1-10-11(2)17(8-7-16-10)23(19,20)12-5-6-13(15(18)22-4)14(9-12)21-3;/h5-6,9-11,16H,7-8H2,1-4H3;1H. The maximum absolute atomic E-state index is 12.9. The van der Waals surface area contributed by atoms with Crippen molar-refractivity contribution in [3.63, 3.8) is 0 Å². The van der Waals surface area contributed by atoms with Crippen molar-refractivity contribution in [2.45, 2.75) is 30.8 Å². The first-order valence-electron chi connectivity index (χ1n) is 7.34. The molecule has 2 unspecified atom stereocenters. The molecule has 0 radical (unpaired) electrons. The second-order valence-corrected chi connectivity index (χ2v) is 7.34. The Kier molecular flexibility index (Phi) is 7.03. The van der Waals surface area contributed by atoms with E-state index in [2.05, 4.69) is 10.1 Å². The molecule has 2 atom stereocenters. The molecule has 9 heteroatoms. The van der Waals surface area contributed by atoms with Gasteiger partial charge in [-0.05, 0) is 26.0 Å². The molecule has 1 fully saturated rings. The first-order valence-corrected chi connectivity index (χ1v) is 8.78. The Balaban J connectivity index is 0.00000288. The lowest BCUT2D eigenvalue weighted by atomic mass is 10.1. The van der Waals surface area contributed by atoms with Gasteiger partial charge >= 0.3 is 5.97 Å². The summed E-state index contributed by atoms with van der Waals surface area (Å²) in [5.41, 5.74) is 0.190. The van der Waals surface area contributed by atoms with E-state index in [1.807, 2.05) is 13.8 Å². The topological polar surface area (TPSA) is 84.9 Å². The van der Waals surface area contributed by atoms with Gasteiger partial charge in [0.25, 0.3) is 0 Å². The Bertz CT molecular complexity index is 695. The molecule has 0 bridgehead atoms. The van der Waals surface area contributed by atoms with E-state index in [1.54, 1.807) is 0 Å². The third-order valence-corrected chi connectivity index (χ3v) is 6.14. The fourth-order valence-electron chi connectivity index (χ4n) is 2.61. The third-order valence-electron chi connectivity index (χ3n) is 4.16. The maximum atomic E-state index is 12.9. The van der Waals surface area contributed by atoms with E-state index in [9.17, 15) is 13.2 Å². The highest BCUT2D eigenvalue weighted by molar-refractivity contribution is 7.89. The first kappa shape index (κ1) is 20.7. The van der Waals surface area contributed by atoms with Crippen molar-refractivity contribution in [2.24, 2.45) is 0 Å². The molecule has 136 valence electrons. The minimum absolute atomic E-state index is 0. The van der Waals surface area contributed by atoms with Crippen LogP contribution in [-0.2, 0) is 14.8 Å². The molecule has 1 aliphatic heterocycles. The minimum atomic E-state index is -3.66. The molecule has 7 nitrogen and oxygen atoms in total. The lowest BCUT2D eigenvalue weighted by Crippen LogP contribution is -2.57. The molecule has 2 rings (SSSR count). The Morgan fingerprint density at radius 2 is 1.96 bits per heavy atom. The maximum Gasteiger partial charge on any atom is 0.341 e. The molecule has 1 saturated heterocycles. The predicted molar refractivity (Wildman–Crippen MR) is 92.4 cm³/mol. The van der Waals surface area contributed by atoms with Crippen LogP contribution in [0.2, 0.25) is 0 Å². The predicted octanol–water partition coefficient (Wildman–Crippen LogP) is 1.27. The van der Waals surface area contributed by atoms with Crippen LogP contribution in [0.15, 0.2) is 23.1 Å². The average Bonchev–Trinajstić information content (AvgIpc) is 2.55. The van der Waals surface area contributed by atoms with Crippen LogP contribution in [0.5, 0.6) is 5.75 Å². The average molecular weight is 379 g/mol. The van der Waals surface area contributed by atoms with Crippen LogP contribution in [0, 0.1) is 0 Å². The highest BCUT2D eigenvalue weighted by atomic mass is 35.5. The van der Waals surface area contributed by atoms with E-state index in [0.717, 1.165) is 0 Å². The highest BCUT2D eigenvalue weighted by Gasteiger charge is 2.35. The third kappa shape index (κ3) is 3.83. The summed E-state index contributed by atoms with van der Waals surface area (Å²) < 4.78 is 37.1. The second kappa shape index (κ2) is 8.15. The number of carbonyl (C=O) groups is 1. The quantitative estimate of drug-likeness (QED) is 0.794. The zero-order valence-corrected chi connectivity index (χ0v) is 15.7. The molecule has 1 aliphatic rings. The van der Waals surface area contributed by atoms with Gasteiger partial charge in [0, 0.05) is 31.2 Å². The molecule has 0 aliphatic carbocycles. The second-order valence-electron chi connectivity index (χ2n) is 5.45. The number of nitrogens with one attached hydrogen (secondary N) is 1. The van der Waals surface area contributed by atoms with Gasteiger partial charge in [-0.1, -0.05) is 0 Å². The number of nitrogens with zero attached hydrogens (tertiary/aromatic N) is 1. The Morgan fingerprint density at radius 1 is 1.29 bits per heavy atom. The van der Waals surface area contributed by atoms with Crippen molar-refractivity contribution in [1.82, 2.24) is 9.62 Å². The molecule has 24 heavy (non-hydrogen) atoms. The zero-order chi connectivity index (χ0) is 17.2. The van der Waals surface area contributed by atoms with Crippen molar-refractivity contribution in [3.8, 4) is 5.75 Å². The fourth-order valence-corrected chi connectivity index (χ4v) is 4.33. The van der Waals surface area contributed by atoms with Gasteiger partial charge in [-0.25, -0.2) is 13.2 Å². The molecular formula is C15H23ClN2O5S. The summed E-state index contributed by atoms with van der Waals surface area (Å²) in [6.45, 7) is 4.82.